The Hall–Kier alpha value is -2.34. The van der Waals surface area contributed by atoms with Gasteiger partial charge in [0.15, 0.2) is 5.82 Å². The van der Waals surface area contributed by atoms with E-state index < -0.39 is 0 Å². The fourth-order valence-corrected chi connectivity index (χ4v) is 2.56. The van der Waals surface area contributed by atoms with Gasteiger partial charge in [-0.2, -0.15) is 0 Å². The van der Waals surface area contributed by atoms with Crippen LogP contribution in [0.2, 0.25) is 0 Å². The highest BCUT2D eigenvalue weighted by Gasteiger charge is 2.15. The number of likely N-dealkylation sites (N-methyl/N-ethyl adjacent to an activating group) is 1. The monoisotopic (exact) mass is 327 g/mol. The van der Waals surface area contributed by atoms with E-state index in [9.17, 15) is 4.79 Å². The van der Waals surface area contributed by atoms with E-state index in [1.807, 2.05) is 26.0 Å². The molecule has 0 aliphatic heterocycles. The van der Waals surface area contributed by atoms with Crippen LogP contribution in [0.15, 0.2) is 30.7 Å². The topological polar surface area (TPSA) is 71.0 Å². The van der Waals surface area contributed by atoms with Crippen molar-refractivity contribution in [1.29, 1.82) is 0 Å². The molecule has 2 aromatic rings. The molecule has 0 spiro atoms. The Kier molecular flexibility index (Phi) is 6.37. The molecule has 0 saturated carbocycles. The SMILES string of the molecule is CCN(CC)CC(=O)NC(C)c1cnc(-c2ccncc2)nc1C. The normalized spacial score (nSPS) is 12.2. The van der Waals surface area contributed by atoms with Crippen molar-refractivity contribution in [2.75, 3.05) is 19.6 Å². The lowest BCUT2D eigenvalue weighted by atomic mass is 10.1. The minimum absolute atomic E-state index is 0.0174. The second kappa shape index (κ2) is 8.49. The molecule has 1 amide bonds. The lowest BCUT2D eigenvalue weighted by molar-refractivity contribution is -0.122. The Labute approximate surface area is 143 Å². The van der Waals surface area contributed by atoms with Crippen molar-refractivity contribution in [2.24, 2.45) is 0 Å². The first-order chi connectivity index (χ1) is 11.5. The van der Waals surface area contributed by atoms with Gasteiger partial charge in [0.05, 0.1) is 12.6 Å². The number of nitrogens with zero attached hydrogens (tertiary/aromatic N) is 4. The van der Waals surface area contributed by atoms with E-state index in [0.717, 1.165) is 29.9 Å². The average Bonchev–Trinajstić information content (AvgIpc) is 2.60. The highest BCUT2D eigenvalue weighted by Crippen LogP contribution is 2.19. The summed E-state index contributed by atoms with van der Waals surface area (Å²) in [6.45, 7) is 10.1. The summed E-state index contributed by atoms with van der Waals surface area (Å²) in [7, 11) is 0. The Balaban J connectivity index is 2.07. The van der Waals surface area contributed by atoms with E-state index in [4.69, 9.17) is 0 Å². The van der Waals surface area contributed by atoms with Crippen LogP contribution in [0.3, 0.4) is 0 Å². The molecular weight excluding hydrogens is 302 g/mol. The third-order valence-electron chi connectivity index (χ3n) is 4.06. The van der Waals surface area contributed by atoms with Gasteiger partial charge in [-0.15, -0.1) is 0 Å². The molecule has 2 rings (SSSR count). The molecule has 1 N–H and O–H groups in total. The number of carbonyl (C=O) groups is 1. The van der Waals surface area contributed by atoms with Gasteiger partial charge >= 0.3 is 0 Å². The largest absolute Gasteiger partial charge is 0.348 e. The minimum atomic E-state index is -0.125. The third kappa shape index (κ3) is 4.58. The van der Waals surface area contributed by atoms with Crippen molar-refractivity contribution < 1.29 is 4.79 Å². The van der Waals surface area contributed by atoms with Crippen LogP contribution in [0.5, 0.6) is 0 Å². The lowest BCUT2D eigenvalue weighted by Crippen LogP contribution is -2.38. The van der Waals surface area contributed by atoms with Gasteiger partial charge in [-0.25, -0.2) is 9.97 Å². The molecule has 0 bridgehead atoms. The molecule has 1 unspecified atom stereocenters. The van der Waals surface area contributed by atoms with Gasteiger partial charge in [-0.05, 0) is 39.1 Å². The molecular formula is C18H25N5O. The summed E-state index contributed by atoms with van der Waals surface area (Å²) in [6.07, 6.45) is 5.23. The molecule has 0 aromatic carbocycles. The Morgan fingerprint density at radius 2 is 1.92 bits per heavy atom. The maximum atomic E-state index is 12.2. The molecule has 0 radical (unpaired) electrons. The van der Waals surface area contributed by atoms with Gasteiger partial charge in [-0.3, -0.25) is 14.7 Å². The van der Waals surface area contributed by atoms with Gasteiger partial charge in [0, 0.05) is 35.4 Å². The summed E-state index contributed by atoms with van der Waals surface area (Å²) in [6, 6.07) is 3.63. The highest BCUT2D eigenvalue weighted by molar-refractivity contribution is 5.78. The molecule has 128 valence electrons. The van der Waals surface area contributed by atoms with Crippen LogP contribution >= 0.6 is 0 Å². The highest BCUT2D eigenvalue weighted by atomic mass is 16.2. The molecule has 6 heteroatoms. The van der Waals surface area contributed by atoms with Crippen LogP contribution in [0, 0.1) is 6.92 Å². The van der Waals surface area contributed by atoms with Crippen LogP contribution < -0.4 is 5.32 Å². The fourth-order valence-electron chi connectivity index (χ4n) is 2.56. The fraction of sp³-hybridized carbons (Fsp3) is 0.444. The standard InChI is InChI=1S/C18H25N5O/c1-5-23(6-2)12-17(24)21-13(3)16-11-20-18(22-14(16)4)15-7-9-19-10-8-15/h7-11,13H,5-6,12H2,1-4H3,(H,21,24). The number of amides is 1. The van der Waals surface area contributed by atoms with Crippen LogP contribution in [0.1, 0.15) is 38.1 Å². The third-order valence-corrected chi connectivity index (χ3v) is 4.06. The second-order valence-corrected chi connectivity index (χ2v) is 5.72. The predicted molar refractivity (Wildman–Crippen MR) is 94.3 cm³/mol. The molecule has 0 aliphatic carbocycles. The summed E-state index contributed by atoms with van der Waals surface area (Å²) in [4.78, 5) is 27.2. The molecule has 2 heterocycles. The number of aromatic nitrogens is 3. The van der Waals surface area contributed by atoms with E-state index in [0.29, 0.717) is 12.4 Å². The van der Waals surface area contributed by atoms with E-state index in [1.165, 1.54) is 0 Å². The van der Waals surface area contributed by atoms with Crippen molar-refractivity contribution in [2.45, 2.75) is 33.7 Å². The molecule has 24 heavy (non-hydrogen) atoms. The predicted octanol–water partition coefficient (Wildman–Crippen LogP) is 2.37. The van der Waals surface area contributed by atoms with Crippen molar-refractivity contribution in [3.8, 4) is 11.4 Å². The first-order valence-corrected chi connectivity index (χ1v) is 8.30. The Morgan fingerprint density at radius 1 is 1.25 bits per heavy atom. The number of hydrogen-bond donors (Lipinski definition) is 1. The zero-order valence-electron chi connectivity index (χ0n) is 14.8. The van der Waals surface area contributed by atoms with Gasteiger partial charge in [0.1, 0.15) is 0 Å². The second-order valence-electron chi connectivity index (χ2n) is 5.72. The number of hydrogen-bond acceptors (Lipinski definition) is 5. The summed E-state index contributed by atoms with van der Waals surface area (Å²) in [5.74, 6) is 0.684. The first-order valence-electron chi connectivity index (χ1n) is 8.30. The Bertz CT molecular complexity index is 670. The van der Waals surface area contributed by atoms with Crippen LogP contribution in [-0.2, 0) is 4.79 Å². The molecule has 2 aromatic heterocycles. The van der Waals surface area contributed by atoms with E-state index in [1.54, 1.807) is 18.6 Å². The van der Waals surface area contributed by atoms with Crippen LogP contribution in [0.4, 0.5) is 0 Å². The molecule has 0 saturated heterocycles. The average molecular weight is 327 g/mol. The van der Waals surface area contributed by atoms with Gasteiger partial charge in [-0.1, -0.05) is 13.8 Å². The van der Waals surface area contributed by atoms with Crippen LogP contribution in [-0.4, -0.2) is 45.4 Å². The summed E-state index contributed by atoms with van der Waals surface area (Å²) in [5, 5.41) is 3.02. The summed E-state index contributed by atoms with van der Waals surface area (Å²) < 4.78 is 0. The van der Waals surface area contributed by atoms with Gasteiger partial charge < -0.3 is 5.32 Å². The zero-order valence-corrected chi connectivity index (χ0v) is 14.8. The van der Waals surface area contributed by atoms with E-state index >= 15 is 0 Å². The lowest BCUT2D eigenvalue weighted by Gasteiger charge is -2.20. The smallest absolute Gasteiger partial charge is 0.234 e. The van der Waals surface area contributed by atoms with Gasteiger partial charge in [0.25, 0.3) is 0 Å². The van der Waals surface area contributed by atoms with E-state index in [-0.39, 0.29) is 11.9 Å². The summed E-state index contributed by atoms with van der Waals surface area (Å²) in [5.41, 5.74) is 2.73. The minimum Gasteiger partial charge on any atom is -0.348 e. The number of rotatable bonds is 7. The Morgan fingerprint density at radius 3 is 2.50 bits per heavy atom. The summed E-state index contributed by atoms with van der Waals surface area (Å²) >= 11 is 0. The van der Waals surface area contributed by atoms with Crippen molar-refractivity contribution in [3.05, 3.63) is 42.0 Å². The number of nitrogens with one attached hydrogen (secondary N) is 1. The maximum Gasteiger partial charge on any atom is 0.234 e. The maximum absolute atomic E-state index is 12.2. The molecule has 0 fully saturated rings. The van der Waals surface area contributed by atoms with Crippen molar-refractivity contribution >= 4 is 5.91 Å². The first kappa shape index (κ1) is 18.0. The van der Waals surface area contributed by atoms with Gasteiger partial charge in [0.2, 0.25) is 5.91 Å². The molecule has 6 nitrogen and oxygen atoms in total. The number of carbonyl (C=O) groups excluding carboxylic acids is 1. The zero-order chi connectivity index (χ0) is 17.5. The van der Waals surface area contributed by atoms with Crippen molar-refractivity contribution in [3.63, 3.8) is 0 Å². The quantitative estimate of drug-likeness (QED) is 0.845. The van der Waals surface area contributed by atoms with Crippen molar-refractivity contribution in [1.82, 2.24) is 25.2 Å². The number of pyridine rings is 1. The molecule has 1 atom stereocenters. The molecule has 0 aliphatic rings. The number of aryl methyl sites for hydroxylation is 1. The van der Waals surface area contributed by atoms with E-state index in [2.05, 4.69) is 39.0 Å². The van der Waals surface area contributed by atoms with Crippen LogP contribution in [0.25, 0.3) is 11.4 Å².